The number of nitrogens with one attached hydrogen (secondary N) is 3. The standard InChI is InChI=1S/C27H24BrN3O2.C14H11BrN2.C13H15NO3/c28-21-10-13-23-20(16-21)17-24(30-23)19-8-11-22(12-9-19)29-27(33)25-7-4-14-31(25)26(32)15-18-5-2-1-3-6-18;15-11-3-6-13-10(7-11)8-14(17-13)9-1-4-12(16)5-2-9;15-12(9-10-5-2-1-3-6-10)14-8-4-7-11(14)13(16)17/h1-3,5-6,8-13,16-17,25,30H,4,7,14-15H2,(H,29,33);1-8,17H,16H2;1-3,5-6,11H,4,7-9H2,(H,16,17)/t25-;;11-/m0.0/s1. The van der Waals surface area contributed by atoms with E-state index in [0.717, 1.165) is 83.2 Å². The van der Waals surface area contributed by atoms with E-state index in [1.165, 1.54) is 10.3 Å². The molecule has 10 rings (SSSR count). The number of rotatable bonds is 9. The second-order valence-corrected chi connectivity index (χ2v) is 18.5. The van der Waals surface area contributed by atoms with Crippen molar-refractivity contribution in [3.05, 3.63) is 178 Å². The first-order chi connectivity index (χ1) is 32.5. The number of anilines is 2. The summed E-state index contributed by atoms with van der Waals surface area (Å²) < 4.78 is 2.13. The molecule has 0 aliphatic carbocycles. The van der Waals surface area contributed by atoms with E-state index in [0.29, 0.717) is 32.4 Å². The van der Waals surface area contributed by atoms with Gasteiger partial charge in [0.25, 0.3) is 0 Å². The van der Waals surface area contributed by atoms with Crippen molar-refractivity contribution in [2.75, 3.05) is 24.1 Å². The van der Waals surface area contributed by atoms with Crippen LogP contribution in [-0.2, 0) is 32.0 Å². The molecule has 0 unspecified atom stereocenters. The Balaban J connectivity index is 0.000000150. The highest BCUT2D eigenvalue weighted by Crippen LogP contribution is 2.29. The summed E-state index contributed by atoms with van der Waals surface area (Å²) in [4.78, 5) is 58.8. The maximum Gasteiger partial charge on any atom is 0.326 e. The van der Waals surface area contributed by atoms with E-state index in [2.05, 4.69) is 77.5 Å². The molecule has 2 aromatic heterocycles. The van der Waals surface area contributed by atoms with E-state index in [1.54, 1.807) is 4.90 Å². The monoisotopic (exact) mass is 1020 g/mol. The SMILES string of the molecule is Nc1ccc(-c2cc3cc(Br)ccc3[nH]2)cc1.O=C(Nc1ccc(-c2cc3cc(Br)ccc3[nH]2)cc1)[C@@H]1CCCN1C(=O)Cc1ccccc1.O=C(O)[C@@H]1CCCN1C(=O)Cc1ccccc1. The van der Waals surface area contributed by atoms with Gasteiger partial charge in [0.05, 0.1) is 12.8 Å². The van der Waals surface area contributed by atoms with Crippen LogP contribution < -0.4 is 11.1 Å². The highest BCUT2D eigenvalue weighted by atomic mass is 79.9. The largest absolute Gasteiger partial charge is 0.480 e. The number of nitrogen functional groups attached to an aromatic ring is 1. The summed E-state index contributed by atoms with van der Waals surface area (Å²) in [6, 6.07) is 50.3. The van der Waals surface area contributed by atoms with E-state index >= 15 is 0 Å². The first-order valence-corrected chi connectivity index (χ1v) is 23.8. The van der Waals surface area contributed by atoms with E-state index in [9.17, 15) is 19.2 Å². The lowest BCUT2D eigenvalue weighted by Gasteiger charge is -2.24. The van der Waals surface area contributed by atoms with Crippen LogP contribution in [0.5, 0.6) is 0 Å². The van der Waals surface area contributed by atoms with Crippen molar-refractivity contribution in [2.24, 2.45) is 0 Å². The van der Waals surface area contributed by atoms with E-state index in [1.807, 2.05) is 127 Å². The van der Waals surface area contributed by atoms with Crippen molar-refractivity contribution in [1.29, 1.82) is 0 Å². The van der Waals surface area contributed by atoms with Gasteiger partial charge >= 0.3 is 5.97 Å². The Morgan fingerprint density at radius 1 is 0.582 bits per heavy atom. The third-order valence-corrected chi connectivity index (χ3v) is 13.0. The Labute approximate surface area is 405 Å². The molecule has 0 saturated carbocycles. The minimum absolute atomic E-state index is 0.000328. The van der Waals surface area contributed by atoms with Gasteiger partial charge in [0.2, 0.25) is 17.7 Å². The summed E-state index contributed by atoms with van der Waals surface area (Å²) in [5, 5.41) is 14.3. The molecule has 340 valence electrons. The number of halogens is 2. The van der Waals surface area contributed by atoms with E-state index in [4.69, 9.17) is 10.8 Å². The Kier molecular flexibility index (Phi) is 15.0. The lowest BCUT2D eigenvalue weighted by atomic mass is 10.1. The third kappa shape index (κ3) is 11.9. The van der Waals surface area contributed by atoms with Crippen LogP contribution in [0.1, 0.15) is 36.8 Å². The summed E-state index contributed by atoms with van der Waals surface area (Å²) in [5.74, 6) is -1.12. The van der Waals surface area contributed by atoms with Gasteiger partial charge < -0.3 is 35.9 Å². The number of carboxylic acids is 1. The van der Waals surface area contributed by atoms with Crippen LogP contribution in [0.25, 0.3) is 44.3 Å². The van der Waals surface area contributed by atoms with E-state index in [-0.39, 0.29) is 24.1 Å². The number of hydrogen-bond donors (Lipinski definition) is 5. The molecule has 67 heavy (non-hydrogen) atoms. The van der Waals surface area contributed by atoms with Gasteiger partial charge in [-0.2, -0.15) is 0 Å². The van der Waals surface area contributed by atoms with Crippen molar-refractivity contribution in [1.82, 2.24) is 19.8 Å². The zero-order chi connectivity index (χ0) is 46.9. The third-order valence-electron chi connectivity index (χ3n) is 12.0. The number of carbonyl (C=O) groups excluding carboxylic acids is 3. The van der Waals surface area contributed by atoms with Crippen LogP contribution in [0.4, 0.5) is 11.4 Å². The number of amides is 3. The van der Waals surface area contributed by atoms with Crippen LogP contribution in [0.2, 0.25) is 0 Å². The molecule has 13 heteroatoms. The fraction of sp³-hybridized carbons (Fsp3) is 0.185. The average molecular weight is 1020 g/mol. The molecule has 11 nitrogen and oxygen atoms in total. The van der Waals surface area contributed by atoms with Gasteiger partial charge in [0.15, 0.2) is 0 Å². The number of aliphatic carboxylic acids is 1. The van der Waals surface area contributed by atoms with Gasteiger partial charge in [-0.05, 0) is 121 Å². The lowest BCUT2D eigenvalue weighted by molar-refractivity contribution is -0.148. The van der Waals surface area contributed by atoms with Gasteiger partial charge in [-0.15, -0.1) is 0 Å². The number of nitrogens with zero attached hydrogens (tertiary/aromatic N) is 2. The zero-order valence-corrected chi connectivity index (χ0v) is 39.8. The Morgan fingerprint density at radius 2 is 1.03 bits per heavy atom. The molecule has 0 spiro atoms. The van der Waals surface area contributed by atoms with Crippen LogP contribution in [0.3, 0.4) is 0 Å². The number of aromatic amines is 2. The quantitative estimate of drug-likeness (QED) is 0.0903. The van der Waals surface area contributed by atoms with Crippen LogP contribution >= 0.6 is 31.9 Å². The predicted molar refractivity (Wildman–Crippen MR) is 273 cm³/mol. The predicted octanol–water partition coefficient (Wildman–Crippen LogP) is 11.3. The fourth-order valence-electron chi connectivity index (χ4n) is 8.54. The number of aromatic nitrogens is 2. The van der Waals surface area contributed by atoms with Gasteiger partial charge in [0.1, 0.15) is 12.1 Å². The summed E-state index contributed by atoms with van der Waals surface area (Å²) in [6.07, 6.45) is 3.47. The second-order valence-electron chi connectivity index (χ2n) is 16.7. The number of likely N-dealkylation sites (tertiary alicyclic amines) is 2. The molecule has 2 fully saturated rings. The first-order valence-electron chi connectivity index (χ1n) is 22.2. The Morgan fingerprint density at radius 3 is 1.51 bits per heavy atom. The smallest absolute Gasteiger partial charge is 0.326 e. The Bertz CT molecular complexity index is 2990. The summed E-state index contributed by atoms with van der Waals surface area (Å²) in [6.45, 7) is 1.18. The van der Waals surface area contributed by atoms with Crippen LogP contribution in [0.15, 0.2) is 167 Å². The molecule has 8 aromatic rings. The average Bonchev–Trinajstić information content (AvgIpc) is 4.17. The minimum Gasteiger partial charge on any atom is -0.480 e. The van der Waals surface area contributed by atoms with Gasteiger partial charge in [0, 0.05) is 66.6 Å². The minimum atomic E-state index is -0.899. The van der Waals surface area contributed by atoms with Gasteiger partial charge in [-0.1, -0.05) is 117 Å². The molecule has 2 aliphatic rings. The second kappa shape index (κ2) is 21.6. The molecule has 6 N–H and O–H groups in total. The summed E-state index contributed by atoms with van der Waals surface area (Å²) >= 11 is 6.99. The normalized spacial score (nSPS) is 15.4. The number of carbonyl (C=O) groups is 4. The maximum atomic E-state index is 13.0. The number of hydrogen-bond acceptors (Lipinski definition) is 5. The maximum absolute atomic E-state index is 13.0. The summed E-state index contributed by atoms with van der Waals surface area (Å²) in [7, 11) is 0. The molecule has 0 bridgehead atoms. The molecule has 0 radical (unpaired) electrons. The summed E-state index contributed by atoms with van der Waals surface area (Å²) in [5.41, 5.74) is 15.6. The number of nitrogens with two attached hydrogens (primary N) is 1. The van der Waals surface area contributed by atoms with Crippen molar-refractivity contribution in [3.8, 4) is 22.5 Å². The molecule has 2 saturated heterocycles. The molecule has 2 aliphatic heterocycles. The number of carboxylic acid groups (broad SMARTS) is 1. The van der Waals surface area contributed by atoms with E-state index < -0.39 is 18.1 Å². The topological polar surface area (TPSA) is 165 Å². The van der Waals surface area contributed by atoms with Crippen molar-refractivity contribution in [3.63, 3.8) is 0 Å². The molecular weight excluding hydrogens is 972 g/mol. The van der Waals surface area contributed by atoms with Crippen molar-refractivity contribution in [2.45, 2.75) is 50.6 Å². The van der Waals surface area contributed by atoms with Gasteiger partial charge in [-0.3, -0.25) is 14.4 Å². The number of H-pyrrole nitrogens is 2. The highest BCUT2D eigenvalue weighted by Gasteiger charge is 2.35. The van der Waals surface area contributed by atoms with Crippen LogP contribution in [-0.4, -0.2) is 73.7 Å². The molecule has 2 atom stereocenters. The first kappa shape index (κ1) is 46.6. The zero-order valence-electron chi connectivity index (χ0n) is 36.6. The van der Waals surface area contributed by atoms with Gasteiger partial charge in [-0.25, -0.2) is 4.79 Å². The lowest BCUT2D eigenvalue weighted by Crippen LogP contribution is -2.43. The molecule has 3 amide bonds. The molecule has 4 heterocycles. The van der Waals surface area contributed by atoms with Crippen LogP contribution in [0, 0.1) is 0 Å². The number of benzene rings is 6. The van der Waals surface area contributed by atoms with Crippen molar-refractivity contribution >= 4 is 88.7 Å². The highest BCUT2D eigenvalue weighted by molar-refractivity contribution is 9.10. The number of fused-ring (bicyclic) bond motifs is 2. The molecular formula is C54H50Br2N6O5. The van der Waals surface area contributed by atoms with Crippen molar-refractivity contribution < 1.29 is 24.3 Å². The fourth-order valence-corrected chi connectivity index (χ4v) is 9.30. The molecule has 6 aromatic carbocycles. The Hall–Kier alpha value is -6.96.